The summed E-state index contributed by atoms with van der Waals surface area (Å²) in [5.41, 5.74) is 4.43. The molecule has 1 saturated heterocycles. The zero-order valence-corrected chi connectivity index (χ0v) is 16.7. The molecule has 5 nitrogen and oxygen atoms in total. The molecule has 2 aromatic carbocycles. The normalized spacial score (nSPS) is 19.5. The summed E-state index contributed by atoms with van der Waals surface area (Å²) in [4.78, 5) is 29.0. The van der Waals surface area contributed by atoms with Crippen molar-refractivity contribution in [1.82, 2.24) is 10.2 Å². The standard InChI is InChI=1S/C22H24ClN3O2/c1-15-4-9-20-17(11-15)3-2-10-26(20)22(28)13-25-14-24-19(12-21(25)27)16-5-7-18(23)8-6-16/h4-9,11,19,24H,2-3,10,12-14H2,1H3. The molecule has 0 aliphatic carbocycles. The Bertz CT molecular complexity index is 897. The van der Waals surface area contributed by atoms with Crippen LogP contribution in [0.2, 0.25) is 5.02 Å². The number of carbonyl (C=O) groups excluding carboxylic acids is 2. The number of aryl methyl sites for hydroxylation is 2. The Kier molecular flexibility index (Phi) is 5.38. The SMILES string of the molecule is Cc1ccc2c(c1)CCCN2C(=O)CN1CNC(c2ccc(Cl)cc2)CC1=O. The van der Waals surface area contributed by atoms with E-state index in [0.29, 0.717) is 24.7 Å². The van der Waals surface area contributed by atoms with E-state index in [1.54, 1.807) is 4.90 Å². The van der Waals surface area contributed by atoms with Gasteiger partial charge in [-0.15, -0.1) is 0 Å². The van der Waals surface area contributed by atoms with Crippen LogP contribution < -0.4 is 10.2 Å². The molecule has 0 saturated carbocycles. The molecule has 28 heavy (non-hydrogen) atoms. The van der Waals surface area contributed by atoms with Crippen molar-refractivity contribution < 1.29 is 9.59 Å². The minimum absolute atomic E-state index is 0.00631. The first kappa shape index (κ1) is 19.0. The van der Waals surface area contributed by atoms with Gasteiger partial charge >= 0.3 is 0 Å². The Morgan fingerprint density at radius 2 is 2.00 bits per heavy atom. The first-order valence-corrected chi connectivity index (χ1v) is 10.1. The number of nitrogens with one attached hydrogen (secondary N) is 1. The van der Waals surface area contributed by atoms with Crippen molar-refractivity contribution in [2.75, 3.05) is 24.7 Å². The average molecular weight is 398 g/mol. The van der Waals surface area contributed by atoms with Gasteiger partial charge in [-0.2, -0.15) is 0 Å². The third kappa shape index (κ3) is 3.91. The molecule has 0 radical (unpaired) electrons. The Hall–Kier alpha value is -2.37. The average Bonchev–Trinajstić information content (AvgIpc) is 2.69. The number of hydrogen-bond acceptors (Lipinski definition) is 3. The van der Waals surface area contributed by atoms with Gasteiger partial charge in [0.15, 0.2) is 0 Å². The van der Waals surface area contributed by atoms with Crippen LogP contribution in [-0.4, -0.2) is 36.5 Å². The van der Waals surface area contributed by atoms with Gasteiger partial charge in [0.05, 0.1) is 6.67 Å². The number of rotatable bonds is 3. The number of nitrogens with zero attached hydrogens (tertiary/aromatic N) is 2. The highest BCUT2D eigenvalue weighted by Crippen LogP contribution is 2.29. The highest BCUT2D eigenvalue weighted by Gasteiger charge is 2.30. The van der Waals surface area contributed by atoms with E-state index in [9.17, 15) is 9.59 Å². The maximum atomic E-state index is 12.9. The fourth-order valence-electron chi connectivity index (χ4n) is 3.99. The monoisotopic (exact) mass is 397 g/mol. The molecule has 1 atom stereocenters. The Morgan fingerprint density at radius 1 is 1.21 bits per heavy atom. The van der Waals surface area contributed by atoms with E-state index >= 15 is 0 Å². The summed E-state index contributed by atoms with van der Waals surface area (Å²) in [6.45, 7) is 3.24. The Balaban J connectivity index is 1.41. The molecule has 2 aliphatic rings. The Morgan fingerprint density at radius 3 is 2.75 bits per heavy atom. The maximum Gasteiger partial charge on any atom is 0.246 e. The lowest BCUT2D eigenvalue weighted by Gasteiger charge is -2.35. The molecule has 2 amide bonds. The quantitative estimate of drug-likeness (QED) is 0.863. The molecule has 0 bridgehead atoms. The van der Waals surface area contributed by atoms with E-state index in [1.807, 2.05) is 41.3 Å². The molecule has 4 rings (SSSR count). The molecule has 1 unspecified atom stereocenters. The minimum Gasteiger partial charge on any atom is -0.321 e. The zero-order valence-electron chi connectivity index (χ0n) is 16.0. The van der Waals surface area contributed by atoms with Crippen LogP contribution in [0.1, 0.15) is 35.6 Å². The summed E-state index contributed by atoms with van der Waals surface area (Å²) in [7, 11) is 0. The highest BCUT2D eigenvalue weighted by molar-refractivity contribution is 6.30. The summed E-state index contributed by atoms with van der Waals surface area (Å²) in [5, 5.41) is 4.04. The molecular weight excluding hydrogens is 374 g/mol. The lowest BCUT2D eigenvalue weighted by molar-refractivity contribution is -0.138. The largest absolute Gasteiger partial charge is 0.321 e. The van der Waals surface area contributed by atoms with E-state index in [1.165, 1.54) is 11.1 Å². The van der Waals surface area contributed by atoms with Gasteiger partial charge < -0.3 is 9.80 Å². The summed E-state index contributed by atoms with van der Waals surface area (Å²) in [6, 6.07) is 13.7. The number of fused-ring (bicyclic) bond motifs is 1. The van der Waals surface area contributed by atoms with Crippen molar-refractivity contribution in [2.24, 2.45) is 0 Å². The van der Waals surface area contributed by atoms with Crippen LogP contribution in [-0.2, 0) is 16.0 Å². The highest BCUT2D eigenvalue weighted by atomic mass is 35.5. The minimum atomic E-state index is -0.0465. The second-order valence-corrected chi connectivity index (χ2v) is 7.98. The summed E-state index contributed by atoms with van der Waals surface area (Å²) in [6.07, 6.45) is 2.28. The molecule has 2 heterocycles. The Labute approximate surface area is 170 Å². The maximum absolute atomic E-state index is 12.9. The van der Waals surface area contributed by atoms with Gasteiger partial charge in [0, 0.05) is 29.7 Å². The number of halogens is 1. The third-order valence-corrected chi connectivity index (χ3v) is 5.77. The summed E-state index contributed by atoms with van der Waals surface area (Å²) >= 11 is 5.94. The second kappa shape index (κ2) is 7.94. The van der Waals surface area contributed by atoms with Gasteiger partial charge in [0.25, 0.3) is 0 Å². The van der Waals surface area contributed by atoms with E-state index < -0.39 is 0 Å². The van der Waals surface area contributed by atoms with Crippen LogP contribution in [0.3, 0.4) is 0 Å². The first-order valence-electron chi connectivity index (χ1n) is 9.68. The van der Waals surface area contributed by atoms with Crippen LogP contribution in [0.4, 0.5) is 5.69 Å². The van der Waals surface area contributed by atoms with Crippen molar-refractivity contribution in [3.63, 3.8) is 0 Å². The van der Waals surface area contributed by atoms with Crippen LogP contribution in [0, 0.1) is 6.92 Å². The molecule has 2 aliphatic heterocycles. The van der Waals surface area contributed by atoms with Crippen molar-refractivity contribution in [1.29, 1.82) is 0 Å². The molecular formula is C22H24ClN3O2. The lowest BCUT2D eigenvalue weighted by Crippen LogP contribution is -2.51. The van der Waals surface area contributed by atoms with Crippen LogP contribution in [0.5, 0.6) is 0 Å². The van der Waals surface area contributed by atoms with Crippen molar-refractivity contribution >= 4 is 29.1 Å². The molecule has 1 fully saturated rings. The van der Waals surface area contributed by atoms with Gasteiger partial charge in [-0.3, -0.25) is 14.9 Å². The number of carbonyl (C=O) groups is 2. The molecule has 2 aromatic rings. The van der Waals surface area contributed by atoms with Gasteiger partial charge in [0.1, 0.15) is 6.54 Å². The van der Waals surface area contributed by atoms with E-state index in [-0.39, 0.29) is 24.4 Å². The predicted octanol–water partition coefficient (Wildman–Crippen LogP) is 3.45. The van der Waals surface area contributed by atoms with Crippen LogP contribution >= 0.6 is 11.6 Å². The van der Waals surface area contributed by atoms with Crippen molar-refractivity contribution in [2.45, 2.75) is 32.2 Å². The van der Waals surface area contributed by atoms with Crippen molar-refractivity contribution in [3.05, 3.63) is 64.2 Å². The summed E-state index contributed by atoms with van der Waals surface area (Å²) in [5.74, 6) is -0.0296. The first-order chi connectivity index (χ1) is 13.5. The lowest BCUT2D eigenvalue weighted by atomic mass is 9.99. The predicted molar refractivity (Wildman–Crippen MR) is 110 cm³/mol. The molecule has 0 aromatic heterocycles. The molecule has 146 valence electrons. The smallest absolute Gasteiger partial charge is 0.246 e. The molecule has 6 heteroatoms. The van der Waals surface area contributed by atoms with Gasteiger partial charge in [-0.25, -0.2) is 0 Å². The van der Waals surface area contributed by atoms with E-state index in [2.05, 4.69) is 18.3 Å². The second-order valence-electron chi connectivity index (χ2n) is 7.54. The van der Waals surface area contributed by atoms with E-state index in [4.69, 9.17) is 11.6 Å². The van der Waals surface area contributed by atoms with E-state index in [0.717, 1.165) is 24.1 Å². The number of hydrogen-bond donors (Lipinski definition) is 1. The fourth-order valence-corrected chi connectivity index (χ4v) is 4.12. The number of anilines is 1. The van der Waals surface area contributed by atoms with Gasteiger partial charge in [-0.05, 0) is 49.1 Å². The van der Waals surface area contributed by atoms with Crippen LogP contribution in [0.25, 0.3) is 0 Å². The molecule has 0 spiro atoms. The van der Waals surface area contributed by atoms with Gasteiger partial charge in [-0.1, -0.05) is 41.4 Å². The molecule has 1 N–H and O–H groups in total. The number of amides is 2. The van der Waals surface area contributed by atoms with Crippen LogP contribution in [0.15, 0.2) is 42.5 Å². The number of benzene rings is 2. The van der Waals surface area contributed by atoms with Crippen molar-refractivity contribution in [3.8, 4) is 0 Å². The summed E-state index contributed by atoms with van der Waals surface area (Å²) < 4.78 is 0. The zero-order chi connectivity index (χ0) is 19.7. The third-order valence-electron chi connectivity index (χ3n) is 5.51. The topological polar surface area (TPSA) is 52.7 Å². The van der Waals surface area contributed by atoms with Gasteiger partial charge in [0.2, 0.25) is 11.8 Å². The fraction of sp³-hybridized carbons (Fsp3) is 0.364.